The summed E-state index contributed by atoms with van der Waals surface area (Å²) >= 11 is 0. The van der Waals surface area contributed by atoms with E-state index in [1.54, 1.807) is 0 Å². The Morgan fingerprint density at radius 2 is 1.80 bits per heavy atom. The lowest BCUT2D eigenvalue weighted by atomic mass is 9.87. The van der Waals surface area contributed by atoms with E-state index >= 15 is 0 Å². The third-order valence-corrected chi connectivity index (χ3v) is 0.309. The zero-order valence-electron chi connectivity index (χ0n) is 3.66. The van der Waals surface area contributed by atoms with E-state index in [9.17, 15) is 4.32 Å². The van der Waals surface area contributed by atoms with E-state index in [4.69, 9.17) is 0 Å². The quantitative estimate of drug-likeness (QED) is 0.409. The van der Waals surface area contributed by atoms with Gasteiger partial charge in [-0.15, -0.1) is 0 Å². The molecular formula is C3H8BF. The summed E-state index contributed by atoms with van der Waals surface area (Å²) in [7, 11) is -0.194. The molecule has 0 amide bonds. The van der Waals surface area contributed by atoms with E-state index in [0.717, 1.165) is 0 Å². The number of rotatable bonds is 1. The molecule has 0 aliphatic heterocycles. The molecule has 0 fully saturated rings. The SMILES string of the molecule is CC(C)BF. The van der Waals surface area contributed by atoms with Crippen LogP contribution in [0.15, 0.2) is 0 Å². The lowest BCUT2D eigenvalue weighted by Crippen LogP contribution is -1.82. The molecule has 0 aromatic rings. The molecule has 0 N–H and O–H groups in total. The summed E-state index contributed by atoms with van der Waals surface area (Å²) in [5, 5.41) is 0. The van der Waals surface area contributed by atoms with Gasteiger partial charge in [0.15, 0.2) is 0 Å². The molecule has 0 saturated carbocycles. The fraction of sp³-hybridized carbons (Fsp3) is 1.00. The van der Waals surface area contributed by atoms with Crippen LogP contribution in [0.2, 0.25) is 5.82 Å². The molecule has 0 nitrogen and oxygen atoms in total. The smallest absolute Gasteiger partial charge is 0.333 e. The van der Waals surface area contributed by atoms with E-state index in [2.05, 4.69) is 0 Å². The molecule has 0 radical (unpaired) electrons. The highest BCUT2D eigenvalue weighted by molar-refractivity contribution is 6.28. The van der Waals surface area contributed by atoms with Crippen LogP contribution in [0.1, 0.15) is 13.8 Å². The summed E-state index contributed by atoms with van der Waals surface area (Å²) in [5.74, 6) is 0.218. The number of hydrogen-bond acceptors (Lipinski definition) is 0. The lowest BCUT2D eigenvalue weighted by Gasteiger charge is -1.84. The predicted molar refractivity (Wildman–Crippen MR) is 23.4 cm³/mol. The maximum Gasteiger partial charge on any atom is 0.333 e. The van der Waals surface area contributed by atoms with Gasteiger partial charge in [0.1, 0.15) is 0 Å². The van der Waals surface area contributed by atoms with Crippen LogP contribution < -0.4 is 0 Å². The van der Waals surface area contributed by atoms with Gasteiger partial charge in [-0.3, -0.25) is 0 Å². The van der Waals surface area contributed by atoms with Crippen molar-refractivity contribution in [3.8, 4) is 0 Å². The molecule has 0 atom stereocenters. The van der Waals surface area contributed by atoms with Gasteiger partial charge < -0.3 is 4.32 Å². The van der Waals surface area contributed by atoms with Gasteiger partial charge in [-0.25, -0.2) is 0 Å². The second-order valence-electron chi connectivity index (χ2n) is 1.55. The second kappa shape index (κ2) is 2.25. The highest BCUT2D eigenvalue weighted by Crippen LogP contribution is 1.94. The molecule has 0 rings (SSSR count). The summed E-state index contributed by atoms with van der Waals surface area (Å²) < 4.78 is 11.1. The van der Waals surface area contributed by atoms with Gasteiger partial charge in [-0.05, 0) is 5.82 Å². The summed E-state index contributed by atoms with van der Waals surface area (Å²) in [6.07, 6.45) is 0. The van der Waals surface area contributed by atoms with Crippen LogP contribution in [0.25, 0.3) is 0 Å². The molecule has 0 aliphatic rings. The molecule has 2 heteroatoms. The zero-order valence-corrected chi connectivity index (χ0v) is 3.66. The van der Waals surface area contributed by atoms with E-state index in [1.165, 1.54) is 0 Å². The van der Waals surface area contributed by atoms with Gasteiger partial charge in [-0.2, -0.15) is 0 Å². The van der Waals surface area contributed by atoms with Crippen molar-refractivity contribution in [1.29, 1.82) is 0 Å². The molecule has 30 valence electrons. The summed E-state index contributed by atoms with van der Waals surface area (Å²) in [6, 6.07) is 0. The average Bonchev–Trinajstić information content (AvgIpc) is 1.38. The Balaban J connectivity index is 2.54. The fourth-order valence-electron chi connectivity index (χ4n) is 0. The molecule has 0 bridgehead atoms. The van der Waals surface area contributed by atoms with Crippen molar-refractivity contribution >= 4 is 7.56 Å². The molecule has 0 saturated heterocycles. The van der Waals surface area contributed by atoms with E-state index in [1.807, 2.05) is 13.8 Å². The minimum Gasteiger partial charge on any atom is -0.341 e. The third kappa shape index (κ3) is 3.99. The van der Waals surface area contributed by atoms with Crippen molar-refractivity contribution in [3.63, 3.8) is 0 Å². The normalized spacial score (nSPS) is 8.80. The largest absolute Gasteiger partial charge is 0.341 e. The minimum atomic E-state index is -0.194. The molecule has 5 heavy (non-hydrogen) atoms. The predicted octanol–water partition coefficient (Wildman–Crippen LogP) is 1.14. The van der Waals surface area contributed by atoms with Crippen LogP contribution in [0, 0.1) is 0 Å². The van der Waals surface area contributed by atoms with Crippen molar-refractivity contribution in [1.82, 2.24) is 0 Å². The highest BCUT2D eigenvalue weighted by Gasteiger charge is 1.89. The van der Waals surface area contributed by atoms with Crippen molar-refractivity contribution in [3.05, 3.63) is 0 Å². The highest BCUT2D eigenvalue weighted by atomic mass is 19.1. The first-order chi connectivity index (χ1) is 2.27. The lowest BCUT2D eigenvalue weighted by molar-refractivity contribution is 0.820. The van der Waals surface area contributed by atoms with Gasteiger partial charge in [0.2, 0.25) is 0 Å². The van der Waals surface area contributed by atoms with Gasteiger partial charge >= 0.3 is 7.56 Å². The van der Waals surface area contributed by atoms with Crippen LogP contribution in [-0.4, -0.2) is 7.56 Å². The molecule has 0 unspecified atom stereocenters. The van der Waals surface area contributed by atoms with Crippen molar-refractivity contribution in [2.75, 3.05) is 0 Å². The maximum absolute atomic E-state index is 11.1. The summed E-state index contributed by atoms with van der Waals surface area (Å²) in [6.45, 7) is 3.69. The minimum absolute atomic E-state index is 0.194. The third-order valence-electron chi connectivity index (χ3n) is 0.309. The zero-order chi connectivity index (χ0) is 4.28. The Labute approximate surface area is 32.7 Å². The summed E-state index contributed by atoms with van der Waals surface area (Å²) in [4.78, 5) is 0. The van der Waals surface area contributed by atoms with E-state index in [0.29, 0.717) is 0 Å². The molecule has 0 heterocycles. The number of halogens is 1. The Morgan fingerprint density at radius 3 is 1.80 bits per heavy atom. The standard InChI is InChI=1S/C3H8BF/c1-3(2)4-5/h3-4H,1-2H3. The van der Waals surface area contributed by atoms with Crippen molar-refractivity contribution in [2.24, 2.45) is 0 Å². The van der Waals surface area contributed by atoms with Crippen LogP contribution in [0.5, 0.6) is 0 Å². The second-order valence-corrected chi connectivity index (χ2v) is 1.55. The van der Waals surface area contributed by atoms with E-state index < -0.39 is 0 Å². The van der Waals surface area contributed by atoms with Gasteiger partial charge in [-0.1, -0.05) is 13.8 Å². The first kappa shape index (κ1) is 4.99. The molecule has 0 aromatic carbocycles. The topological polar surface area (TPSA) is 0 Å². The Morgan fingerprint density at radius 1 is 1.60 bits per heavy atom. The first-order valence-electron chi connectivity index (χ1n) is 1.83. The van der Waals surface area contributed by atoms with Crippen LogP contribution in [0.3, 0.4) is 0 Å². The van der Waals surface area contributed by atoms with Crippen molar-refractivity contribution < 1.29 is 4.32 Å². The summed E-state index contributed by atoms with van der Waals surface area (Å²) in [5.41, 5.74) is 0. The number of hydrogen-bond donors (Lipinski definition) is 0. The Hall–Kier alpha value is -0.00506. The van der Waals surface area contributed by atoms with Gasteiger partial charge in [0, 0.05) is 0 Å². The Bertz CT molecular complexity index is 20.9. The monoisotopic (exact) mass is 74.1 g/mol. The molecule has 0 aromatic heterocycles. The van der Waals surface area contributed by atoms with Crippen LogP contribution >= 0.6 is 0 Å². The fourth-order valence-corrected chi connectivity index (χ4v) is 0. The average molecular weight is 73.9 g/mol. The molecular weight excluding hydrogens is 65.8 g/mol. The maximum atomic E-state index is 11.1. The van der Waals surface area contributed by atoms with Crippen molar-refractivity contribution in [2.45, 2.75) is 19.7 Å². The van der Waals surface area contributed by atoms with E-state index in [-0.39, 0.29) is 13.4 Å². The van der Waals surface area contributed by atoms with Crippen LogP contribution in [0.4, 0.5) is 4.32 Å². The molecule has 0 spiro atoms. The van der Waals surface area contributed by atoms with Gasteiger partial charge in [0.05, 0.1) is 0 Å². The Kier molecular flexibility index (Phi) is 2.24. The van der Waals surface area contributed by atoms with Gasteiger partial charge in [0.25, 0.3) is 0 Å². The first-order valence-corrected chi connectivity index (χ1v) is 1.83. The molecule has 0 aliphatic carbocycles. The van der Waals surface area contributed by atoms with Crippen LogP contribution in [-0.2, 0) is 0 Å².